The van der Waals surface area contributed by atoms with Gasteiger partial charge in [-0.3, -0.25) is 4.79 Å². The molecule has 2 aromatic carbocycles. The summed E-state index contributed by atoms with van der Waals surface area (Å²) in [6.07, 6.45) is 7.07. The zero-order valence-electron chi connectivity index (χ0n) is 20.3. The van der Waals surface area contributed by atoms with Crippen molar-refractivity contribution >= 4 is 33.0 Å². The molecule has 5 nitrogen and oxygen atoms in total. The van der Waals surface area contributed by atoms with Gasteiger partial charge in [-0.15, -0.1) is 11.3 Å². The molecule has 184 valence electrons. The summed E-state index contributed by atoms with van der Waals surface area (Å²) in [5, 5.41) is 6.89. The first-order valence-electron chi connectivity index (χ1n) is 13.2. The molecule has 3 fully saturated rings. The van der Waals surface area contributed by atoms with E-state index in [2.05, 4.69) is 69.0 Å². The maximum Gasteiger partial charge on any atom is 0.225 e. The lowest BCUT2D eigenvalue weighted by Crippen LogP contribution is -2.46. The molecule has 6 heteroatoms. The fraction of sp³-hybridized carbons (Fsp3) is 0.483. The quantitative estimate of drug-likeness (QED) is 0.455. The van der Waals surface area contributed by atoms with Crippen molar-refractivity contribution in [3.05, 3.63) is 59.5 Å². The fourth-order valence-electron chi connectivity index (χ4n) is 5.47. The molecule has 3 heterocycles. The number of nitrogens with one attached hydrogen (secondary N) is 1. The molecule has 35 heavy (non-hydrogen) atoms. The number of rotatable bonds is 9. The van der Waals surface area contributed by atoms with E-state index in [4.69, 9.17) is 4.74 Å². The molecule has 0 radical (unpaired) electrons. The highest BCUT2D eigenvalue weighted by molar-refractivity contribution is 7.17. The van der Waals surface area contributed by atoms with Gasteiger partial charge in [0.1, 0.15) is 5.75 Å². The largest absolute Gasteiger partial charge is 0.490 e. The Morgan fingerprint density at radius 3 is 2.66 bits per heavy atom. The van der Waals surface area contributed by atoms with Gasteiger partial charge in [0.05, 0.1) is 12.0 Å². The average Bonchev–Trinajstić information content (AvgIpc) is 3.29. The number of fused-ring (bicyclic) bond motifs is 1. The van der Waals surface area contributed by atoms with Crippen LogP contribution in [0.15, 0.2) is 53.9 Å². The van der Waals surface area contributed by atoms with Crippen LogP contribution in [-0.4, -0.2) is 55.7 Å². The number of ether oxygens (including phenoxy) is 1. The van der Waals surface area contributed by atoms with Crippen molar-refractivity contribution in [1.29, 1.82) is 0 Å². The van der Waals surface area contributed by atoms with E-state index >= 15 is 0 Å². The van der Waals surface area contributed by atoms with E-state index in [0.717, 1.165) is 51.3 Å². The normalized spacial score (nSPS) is 21.5. The minimum atomic E-state index is 0.0458. The highest BCUT2D eigenvalue weighted by Gasteiger charge is 2.30. The maximum absolute atomic E-state index is 13.4. The predicted octanol–water partition coefficient (Wildman–Crippen LogP) is 5.09. The standard InChI is InChI=1S/C29H35N3O2S/c33-29(23-11-15-32(19-23)25-6-5-22-12-16-35-28(22)18-25)30-24(20-31-13-1-2-14-31)17-21-3-7-26(8-4-21)34-27-9-10-27/h3-8,12,16,18,23-24,27H,1-2,9-11,13-15,17,19-20H2,(H,30,33)/t23-,24?/m1/s1. The van der Waals surface area contributed by atoms with Crippen molar-refractivity contribution < 1.29 is 9.53 Å². The van der Waals surface area contributed by atoms with E-state index in [-0.39, 0.29) is 17.9 Å². The zero-order chi connectivity index (χ0) is 23.6. The number of carbonyl (C=O) groups excluding carboxylic acids is 1. The van der Waals surface area contributed by atoms with Crippen LogP contribution in [-0.2, 0) is 11.2 Å². The summed E-state index contributed by atoms with van der Waals surface area (Å²) in [7, 11) is 0. The van der Waals surface area contributed by atoms with Crippen molar-refractivity contribution in [3.8, 4) is 5.75 Å². The van der Waals surface area contributed by atoms with Crippen molar-refractivity contribution in [3.63, 3.8) is 0 Å². The molecule has 1 saturated carbocycles. The number of nitrogens with zero attached hydrogens (tertiary/aromatic N) is 2. The summed E-state index contributed by atoms with van der Waals surface area (Å²) in [6, 6.07) is 17.5. The third kappa shape index (κ3) is 5.65. The summed E-state index contributed by atoms with van der Waals surface area (Å²) in [6.45, 7) is 4.95. The number of amides is 1. The van der Waals surface area contributed by atoms with Crippen molar-refractivity contribution in [2.45, 2.75) is 50.7 Å². The van der Waals surface area contributed by atoms with E-state index in [9.17, 15) is 4.79 Å². The number of hydrogen-bond acceptors (Lipinski definition) is 5. The molecule has 6 rings (SSSR count). The first kappa shape index (κ1) is 22.9. The topological polar surface area (TPSA) is 44.8 Å². The monoisotopic (exact) mass is 489 g/mol. The Balaban J connectivity index is 1.09. The van der Waals surface area contributed by atoms with E-state index in [1.165, 1.54) is 47.0 Å². The molecule has 1 aromatic heterocycles. The molecule has 1 unspecified atom stereocenters. The number of carbonyl (C=O) groups is 1. The molecule has 1 amide bonds. The van der Waals surface area contributed by atoms with Gasteiger partial charge in [-0.25, -0.2) is 0 Å². The second-order valence-electron chi connectivity index (χ2n) is 10.5. The number of benzene rings is 2. The van der Waals surface area contributed by atoms with Gasteiger partial charge in [0.25, 0.3) is 0 Å². The molecular weight excluding hydrogens is 454 g/mol. The maximum atomic E-state index is 13.4. The smallest absolute Gasteiger partial charge is 0.225 e. The van der Waals surface area contributed by atoms with Gasteiger partial charge in [0.15, 0.2) is 0 Å². The van der Waals surface area contributed by atoms with Gasteiger partial charge < -0.3 is 19.9 Å². The SMILES string of the molecule is O=C(NC(Cc1ccc(OC2CC2)cc1)CN1CCCC1)[C@@H]1CCN(c2ccc3ccsc3c2)C1. The van der Waals surface area contributed by atoms with Crippen LogP contribution in [0.5, 0.6) is 5.75 Å². The molecule has 2 atom stereocenters. The molecule has 1 aliphatic carbocycles. The summed E-state index contributed by atoms with van der Waals surface area (Å²) >= 11 is 1.78. The van der Waals surface area contributed by atoms with Crippen LogP contribution in [0.1, 0.15) is 37.7 Å². The molecule has 0 bridgehead atoms. The second kappa shape index (κ2) is 10.2. The number of anilines is 1. The van der Waals surface area contributed by atoms with E-state index in [0.29, 0.717) is 6.10 Å². The van der Waals surface area contributed by atoms with Crippen LogP contribution in [0.25, 0.3) is 10.1 Å². The Hall–Kier alpha value is -2.57. The van der Waals surface area contributed by atoms with E-state index < -0.39 is 0 Å². The number of hydrogen-bond donors (Lipinski definition) is 1. The molecule has 1 N–H and O–H groups in total. The van der Waals surface area contributed by atoms with E-state index in [1.54, 1.807) is 11.3 Å². The van der Waals surface area contributed by atoms with Crippen LogP contribution in [0.4, 0.5) is 5.69 Å². The molecule has 3 aromatic rings. The van der Waals surface area contributed by atoms with E-state index in [1.807, 2.05) is 0 Å². The lowest BCUT2D eigenvalue weighted by Gasteiger charge is -2.26. The molecule has 0 spiro atoms. The van der Waals surface area contributed by atoms with Gasteiger partial charge in [-0.1, -0.05) is 18.2 Å². The molecular formula is C29H35N3O2S. The Labute approximate surface area is 212 Å². The molecule has 3 aliphatic rings. The first-order valence-corrected chi connectivity index (χ1v) is 14.1. The minimum absolute atomic E-state index is 0.0458. The molecule has 2 aliphatic heterocycles. The van der Waals surface area contributed by atoms with Crippen molar-refractivity contribution in [1.82, 2.24) is 10.2 Å². The molecule has 2 saturated heterocycles. The van der Waals surface area contributed by atoms with Crippen molar-refractivity contribution in [2.24, 2.45) is 5.92 Å². The lowest BCUT2D eigenvalue weighted by molar-refractivity contribution is -0.125. The van der Waals surface area contributed by atoms with Crippen LogP contribution < -0.4 is 15.0 Å². The van der Waals surface area contributed by atoms with Gasteiger partial charge in [-0.05, 0) is 98.3 Å². The second-order valence-corrected chi connectivity index (χ2v) is 11.4. The van der Waals surface area contributed by atoms with Gasteiger partial charge >= 0.3 is 0 Å². The third-order valence-corrected chi connectivity index (χ3v) is 8.50. The first-order chi connectivity index (χ1) is 17.2. The Bertz CT molecular complexity index is 1150. The number of thiophene rings is 1. The average molecular weight is 490 g/mol. The summed E-state index contributed by atoms with van der Waals surface area (Å²) in [5.41, 5.74) is 2.49. The fourth-order valence-corrected chi connectivity index (χ4v) is 6.30. The summed E-state index contributed by atoms with van der Waals surface area (Å²) < 4.78 is 7.22. The summed E-state index contributed by atoms with van der Waals surface area (Å²) in [5.74, 6) is 1.22. The van der Waals surface area contributed by atoms with Gasteiger partial charge in [-0.2, -0.15) is 0 Å². The Kier molecular flexibility index (Phi) is 6.66. The van der Waals surface area contributed by atoms with Gasteiger partial charge in [0, 0.05) is 36.1 Å². The lowest BCUT2D eigenvalue weighted by atomic mass is 10.0. The third-order valence-electron chi connectivity index (χ3n) is 7.62. The van der Waals surface area contributed by atoms with Crippen LogP contribution >= 0.6 is 11.3 Å². The predicted molar refractivity (Wildman–Crippen MR) is 144 cm³/mol. The minimum Gasteiger partial charge on any atom is -0.490 e. The van der Waals surface area contributed by atoms with Crippen LogP contribution in [0.2, 0.25) is 0 Å². The zero-order valence-corrected chi connectivity index (χ0v) is 21.1. The van der Waals surface area contributed by atoms with Gasteiger partial charge in [0.2, 0.25) is 5.91 Å². The van der Waals surface area contributed by atoms with Crippen LogP contribution in [0.3, 0.4) is 0 Å². The highest BCUT2D eigenvalue weighted by Crippen LogP contribution is 2.30. The van der Waals surface area contributed by atoms with Crippen LogP contribution in [0, 0.1) is 5.92 Å². The number of likely N-dealkylation sites (tertiary alicyclic amines) is 1. The highest BCUT2D eigenvalue weighted by atomic mass is 32.1. The Morgan fingerprint density at radius 2 is 1.86 bits per heavy atom. The Morgan fingerprint density at radius 1 is 1.03 bits per heavy atom. The summed E-state index contributed by atoms with van der Waals surface area (Å²) in [4.78, 5) is 18.3. The van der Waals surface area contributed by atoms with Crippen molar-refractivity contribution in [2.75, 3.05) is 37.6 Å².